The molecule has 0 bridgehead atoms. The average molecular weight is 312 g/mol. The predicted octanol–water partition coefficient (Wildman–Crippen LogP) is 3.91. The van der Waals surface area contributed by atoms with Crippen LogP contribution in [0.2, 0.25) is 0 Å². The van der Waals surface area contributed by atoms with Crippen LogP contribution in [-0.2, 0) is 11.3 Å². The van der Waals surface area contributed by atoms with E-state index in [-0.39, 0.29) is 12.6 Å². The summed E-state index contributed by atoms with van der Waals surface area (Å²) in [5.74, 6) is -0.320. The van der Waals surface area contributed by atoms with Gasteiger partial charge in [0.2, 0.25) is 0 Å². The number of carbonyl (C=O) groups is 1. The highest BCUT2D eigenvalue weighted by Crippen LogP contribution is 2.19. The third-order valence-electron chi connectivity index (χ3n) is 3.32. The van der Waals surface area contributed by atoms with Crippen LogP contribution in [0.5, 0.6) is 0 Å². The maximum Gasteiger partial charge on any atom is 0.338 e. The van der Waals surface area contributed by atoms with Crippen LogP contribution < -0.4 is 0 Å². The largest absolute Gasteiger partial charge is 0.456 e. The summed E-state index contributed by atoms with van der Waals surface area (Å²) in [7, 11) is 0. The Bertz CT molecular complexity index is 791. The molecule has 0 saturated heterocycles. The fourth-order valence-electron chi connectivity index (χ4n) is 2.22. The molecule has 0 saturated carbocycles. The van der Waals surface area contributed by atoms with E-state index in [2.05, 4.69) is 4.98 Å². The highest BCUT2D eigenvalue weighted by Gasteiger charge is 2.11. The van der Waals surface area contributed by atoms with Crippen molar-refractivity contribution >= 4 is 17.3 Å². The Kier molecular flexibility index (Phi) is 4.06. The molecule has 0 spiro atoms. The molecule has 4 nitrogen and oxygen atoms in total. The molecule has 0 amide bonds. The average Bonchev–Trinajstić information content (AvgIpc) is 3.15. The number of hydrogen-bond acceptors (Lipinski definition) is 4. The van der Waals surface area contributed by atoms with E-state index in [1.165, 1.54) is 0 Å². The molecule has 22 heavy (non-hydrogen) atoms. The van der Waals surface area contributed by atoms with Gasteiger partial charge in [0.25, 0.3) is 0 Å². The van der Waals surface area contributed by atoms with Crippen LogP contribution in [0.25, 0.3) is 5.69 Å². The fraction of sp³-hybridized carbons (Fsp3) is 0.176. The van der Waals surface area contributed by atoms with Crippen molar-refractivity contribution in [3.8, 4) is 5.69 Å². The molecule has 112 valence electrons. The topological polar surface area (TPSA) is 44.1 Å². The van der Waals surface area contributed by atoms with Gasteiger partial charge in [-0.2, -0.15) is 0 Å². The molecule has 3 aromatic rings. The zero-order valence-corrected chi connectivity index (χ0v) is 13.3. The van der Waals surface area contributed by atoms with Crippen molar-refractivity contribution in [1.82, 2.24) is 9.55 Å². The Labute approximate surface area is 133 Å². The number of ether oxygens (including phenoxy) is 1. The minimum Gasteiger partial charge on any atom is -0.456 e. The lowest BCUT2D eigenvalue weighted by atomic mass is 10.2. The van der Waals surface area contributed by atoms with Crippen LogP contribution in [0.3, 0.4) is 0 Å². The molecule has 0 radical (unpaired) electrons. The lowest BCUT2D eigenvalue weighted by molar-refractivity contribution is 0.0476. The highest BCUT2D eigenvalue weighted by molar-refractivity contribution is 7.11. The smallest absolute Gasteiger partial charge is 0.338 e. The maximum atomic E-state index is 12.2. The molecule has 3 rings (SSSR count). The van der Waals surface area contributed by atoms with E-state index >= 15 is 0 Å². The Balaban J connectivity index is 1.72. The quantitative estimate of drug-likeness (QED) is 0.686. The van der Waals surface area contributed by atoms with Crippen molar-refractivity contribution in [2.75, 3.05) is 0 Å². The molecule has 5 heteroatoms. The van der Waals surface area contributed by atoms with E-state index in [0.717, 1.165) is 21.3 Å². The van der Waals surface area contributed by atoms with Crippen LogP contribution in [0.1, 0.15) is 25.9 Å². The predicted molar refractivity (Wildman–Crippen MR) is 86.5 cm³/mol. The third kappa shape index (κ3) is 3.09. The van der Waals surface area contributed by atoms with E-state index < -0.39 is 0 Å². The number of rotatable bonds is 4. The first kappa shape index (κ1) is 14.5. The van der Waals surface area contributed by atoms with Crippen molar-refractivity contribution in [2.24, 2.45) is 0 Å². The summed E-state index contributed by atoms with van der Waals surface area (Å²) >= 11 is 1.56. The molecule has 0 unspecified atom stereocenters. The van der Waals surface area contributed by atoms with Crippen LogP contribution in [0.4, 0.5) is 0 Å². The number of aromatic nitrogens is 2. The third-order valence-corrected chi connectivity index (χ3v) is 4.36. The van der Waals surface area contributed by atoms with Gasteiger partial charge in [-0.05, 0) is 44.2 Å². The van der Waals surface area contributed by atoms with E-state index in [4.69, 9.17) is 4.74 Å². The summed E-state index contributed by atoms with van der Waals surface area (Å²) in [6.07, 6.45) is 3.88. The molecule has 0 aliphatic rings. The Hall–Kier alpha value is -2.40. The first-order valence-electron chi connectivity index (χ1n) is 6.97. The molecule has 0 atom stereocenters. The lowest BCUT2D eigenvalue weighted by Crippen LogP contribution is -2.06. The Morgan fingerprint density at radius 2 is 2.00 bits per heavy atom. The SMILES string of the molecule is Cc1nc(C)c(COC(=O)c2cccc(-n3cccc3)c2)s1. The standard InChI is InChI=1S/C17H16N2O2S/c1-12-16(22-13(2)18-12)11-21-17(20)14-6-5-7-15(10-14)19-8-3-4-9-19/h3-10H,11H2,1-2H3. The van der Waals surface area contributed by atoms with Gasteiger partial charge in [0, 0.05) is 18.1 Å². The number of nitrogens with zero attached hydrogens (tertiary/aromatic N) is 2. The normalized spacial score (nSPS) is 10.6. The van der Waals surface area contributed by atoms with Crippen molar-refractivity contribution < 1.29 is 9.53 Å². The molecule has 0 fully saturated rings. The Morgan fingerprint density at radius 1 is 1.23 bits per heavy atom. The number of hydrogen-bond donors (Lipinski definition) is 0. The fourth-order valence-corrected chi connectivity index (χ4v) is 3.07. The number of carbonyl (C=O) groups excluding carboxylic acids is 1. The van der Waals surface area contributed by atoms with Gasteiger partial charge in [0.15, 0.2) is 0 Å². The summed E-state index contributed by atoms with van der Waals surface area (Å²) in [4.78, 5) is 17.5. The van der Waals surface area contributed by atoms with Crippen molar-refractivity contribution in [3.05, 3.63) is 69.9 Å². The van der Waals surface area contributed by atoms with E-state index in [1.807, 2.05) is 61.1 Å². The van der Waals surface area contributed by atoms with Crippen LogP contribution in [-0.4, -0.2) is 15.5 Å². The Morgan fingerprint density at radius 3 is 2.68 bits per heavy atom. The maximum absolute atomic E-state index is 12.2. The second kappa shape index (κ2) is 6.15. The molecule has 2 aromatic heterocycles. The van der Waals surface area contributed by atoms with Gasteiger partial charge in [0.1, 0.15) is 6.61 Å². The molecular weight excluding hydrogens is 296 g/mol. The monoisotopic (exact) mass is 312 g/mol. The molecule has 2 heterocycles. The zero-order chi connectivity index (χ0) is 15.5. The summed E-state index contributed by atoms with van der Waals surface area (Å²) in [6, 6.07) is 11.3. The van der Waals surface area contributed by atoms with Crippen molar-refractivity contribution in [3.63, 3.8) is 0 Å². The lowest BCUT2D eigenvalue weighted by Gasteiger charge is -2.07. The zero-order valence-electron chi connectivity index (χ0n) is 12.4. The van der Waals surface area contributed by atoms with Gasteiger partial charge in [0.05, 0.1) is 21.1 Å². The summed E-state index contributed by atoms with van der Waals surface area (Å²) in [5, 5.41) is 0.984. The first-order chi connectivity index (χ1) is 10.6. The summed E-state index contributed by atoms with van der Waals surface area (Å²) < 4.78 is 7.35. The number of esters is 1. The summed E-state index contributed by atoms with van der Waals surface area (Å²) in [6.45, 7) is 4.15. The van der Waals surface area contributed by atoms with Gasteiger partial charge >= 0.3 is 5.97 Å². The van der Waals surface area contributed by atoms with Gasteiger partial charge in [-0.3, -0.25) is 0 Å². The first-order valence-corrected chi connectivity index (χ1v) is 7.78. The van der Waals surface area contributed by atoms with Gasteiger partial charge in [-0.15, -0.1) is 11.3 Å². The van der Waals surface area contributed by atoms with Crippen LogP contribution in [0.15, 0.2) is 48.8 Å². The number of benzene rings is 1. The van der Waals surface area contributed by atoms with E-state index in [1.54, 1.807) is 17.4 Å². The van der Waals surface area contributed by atoms with E-state index in [9.17, 15) is 4.79 Å². The van der Waals surface area contributed by atoms with E-state index in [0.29, 0.717) is 5.56 Å². The number of aryl methyl sites for hydroxylation is 2. The number of thiazole rings is 1. The van der Waals surface area contributed by atoms with Crippen LogP contribution >= 0.6 is 11.3 Å². The second-order valence-electron chi connectivity index (χ2n) is 4.96. The summed E-state index contributed by atoms with van der Waals surface area (Å²) in [5.41, 5.74) is 2.41. The van der Waals surface area contributed by atoms with Crippen molar-refractivity contribution in [2.45, 2.75) is 20.5 Å². The molecular formula is C17H16N2O2S. The molecule has 1 aromatic carbocycles. The van der Waals surface area contributed by atoms with Gasteiger partial charge < -0.3 is 9.30 Å². The van der Waals surface area contributed by atoms with Gasteiger partial charge in [-0.25, -0.2) is 9.78 Å². The molecule has 0 aliphatic heterocycles. The molecule has 0 N–H and O–H groups in total. The minimum atomic E-state index is -0.320. The van der Waals surface area contributed by atoms with Crippen molar-refractivity contribution in [1.29, 1.82) is 0 Å². The highest BCUT2D eigenvalue weighted by atomic mass is 32.1. The van der Waals surface area contributed by atoms with Gasteiger partial charge in [-0.1, -0.05) is 6.07 Å². The van der Waals surface area contributed by atoms with Crippen LogP contribution in [0, 0.1) is 13.8 Å². The second-order valence-corrected chi connectivity index (χ2v) is 6.25. The minimum absolute atomic E-state index is 0.268. The molecule has 0 aliphatic carbocycles.